The van der Waals surface area contributed by atoms with Crippen molar-refractivity contribution >= 4 is 0 Å². The number of hydrogen-bond donors (Lipinski definition) is 0. The van der Waals surface area contributed by atoms with Gasteiger partial charge in [-0.2, -0.15) is 20.4 Å². The third kappa shape index (κ3) is 18.5. The molecule has 0 aliphatic carbocycles. The van der Waals surface area contributed by atoms with Gasteiger partial charge in [0, 0.05) is 126 Å². The minimum absolute atomic E-state index is 0. The summed E-state index contributed by atoms with van der Waals surface area (Å²) in [7, 11) is 0. The minimum atomic E-state index is -1.75. The largest absolute Gasteiger partial charge is 0.316 e. The van der Waals surface area contributed by atoms with E-state index < -0.39 is 80.9 Å². The third-order valence-corrected chi connectivity index (χ3v) is 16.8. The molecule has 12 aromatic carbocycles. The molecule has 0 aliphatic rings. The molecule has 0 unspecified atom stereocenters. The van der Waals surface area contributed by atoms with Crippen molar-refractivity contribution in [3.05, 3.63) is 358 Å². The summed E-state index contributed by atoms with van der Waals surface area (Å²) < 4.78 is 198. The van der Waals surface area contributed by atoms with Crippen LogP contribution in [0, 0.1) is 133 Å². The van der Waals surface area contributed by atoms with E-state index in [-0.39, 0.29) is 132 Å². The van der Waals surface area contributed by atoms with Crippen LogP contribution in [-0.4, -0.2) is 59.1 Å². The maximum Gasteiger partial charge on any atom is 0.195 e. The molecule has 114 heavy (non-hydrogen) atoms. The molecular weight excluding hydrogens is 2210 g/mol. The standard InChI is InChI=1S/C22H16F2N3.C22H18N3.2C20H8F6N3.4Ir/c1-14-12-16(8-10-19(14)23)21-25-26-22(17-9-11-20(24)15(2)13-17)27(21)18-6-4-3-5-7-18;1-16-8-6-10-18(14-16)21-23-24-22(19-11-7-9-17(2)15-19)25(21)20-12-4-3-5-13-20;21-13-6-10(7-14(22)17(13)25)19-27-28-20(29(19)12-4-2-1-3-5-12)11-8-15(23)18(26)16(24)9-11;21-13-8-6-11(15(23)17(13)25)19-27-28-20(29(19)10-4-2-1-3-5-10)12-7-9-14(22)18(26)16(12)24;;;;/h3-8,10-13H,1-2H3;3-10,12-15H,1-2H3;1-8H;1-6,8-9H;;;;/q4*-1;;;;. The molecule has 0 saturated heterocycles. The first-order chi connectivity index (χ1) is 53.0. The van der Waals surface area contributed by atoms with Crippen LogP contribution in [0.25, 0.3) is 114 Å². The van der Waals surface area contributed by atoms with E-state index in [9.17, 15) is 61.5 Å². The minimum Gasteiger partial charge on any atom is -0.316 e. The van der Waals surface area contributed by atoms with Crippen LogP contribution in [0.4, 0.5) is 61.5 Å². The van der Waals surface area contributed by atoms with Gasteiger partial charge in [-0.1, -0.05) is 128 Å². The van der Waals surface area contributed by atoms with Crippen molar-refractivity contribution in [3.8, 4) is 114 Å². The molecule has 0 fully saturated rings. The maximum atomic E-state index is 14.4. The average molecular weight is 2260 g/mol. The molecule has 4 heterocycles. The third-order valence-electron chi connectivity index (χ3n) is 16.8. The van der Waals surface area contributed by atoms with E-state index in [0.29, 0.717) is 64.4 Å². The first-order valence-corrected chi connectivity index (χ1v) is 33.0. The Morgan fingerprint density at radius 1 is 0.263 bits per heavy atom. The Morgan fingerprint density at radius 2 is 0.684 bits per heavy atom. The van der Waals surface area contributed by atoms with Crippen LogP contribution < -0.4 is 0 Å². The molecule has 0 saturated carbocycles. The maximum absolute atomic E-state index is 14.4. The Hall–Kier alpha value is -11.2. The van der Waals surface area contributed by atoms with E-state index in [4.69, 9.17) is 0 Å². The molecule has 0 N–H and O–H groups in total. The van der Waals surface area contributed by atoms with Gasteiger partial charge in [0.15, 0.2) is 58.2 Å². The summed E-state index contributed by atoms with van der Waals surface area (Å²) in [6, 6.07) is 72.8. The molecule has 0 atom stereocenters. The van der Waals surface area contributed by atoms with Crippen LogP contribution in [-0.2, 0) is 80.4 Å². The molecule has 0 amide bonds. The van der Waals surface area contributed by atoms with Gasteiger partial charge in [0.1, 0.15) is 17.5 Å². The van der Waals surface area contributed by atoms with Crippen LogP contribution in [0.5, 0.6) is 0 Å². The van der Waals surface area contributed by atoms with Gasteiger partial charge in [-0.15, -0.1) is 103 Å². The number of para-hydroxylation sites is 4. The summed E-state index contributed by atoms with van der Waals surface area (Å²) in [6.45, 7) is 7.56. The molecule has 12 nitrogen and oxygen atoms in total. The Labute approximate surface area is 695 Å². The number of aromatic nitrogens is 12. The van der Waals surface area contributed by atoms with Crippen molar-refractivity contribution in [1.29, 1.82) is 0 Å². The summed E-state index contributed by atoms with van der Waals surface area (Å²) in [4.78, 5) is 0. The summed E-state index contributed by atoms with van der Waals surface area (Å²) in [6.07, 6.45) is 0. The first kappa shape index (κ1) is 86.8. The molecule has 16 aromatic rings. The van der Waals surface area contributed by atoms with E-state index in [0.717, 1.165) is 50.3 Å². The summed E-state index contributed by atoms with van der Waals surface area (Å²) in [5, 5.41) is 32.8. The monoisotopic (exact) mass is 2260 g/mol. The molecule has 584 valence electrons. The summed E-state index contributed by atoms with van der Waals surface area (Å²) in [5.41, 5.74) is 7.82. The predicted octanol–water partition coefficient (Wildman–Crippen LogP) is 20.8. The van der Waals surface area contributed by atoms with Gasteiger partial charge in [-0.3, -0.25) is 17.6 Å². The molecule has 0 spiro atoms. The van der Waals surface area contributed by atoms with Gasteiger partial charge in [0.25, 0.3) is 0 Å². The number of hydrogen-bond acceptors (Lipinski definition) is 8. The Balaban J connectivity index is 0.000000172. The molecule has 0 aliphatic heterocycles. The van der Waals surface area contributed by atoms with Gasteiger partial charge in [-0.05, 0) is 116 Å². The predicted molar refractivity (Wildman–Crippen MR) is 383 cm³/mol. The van der Waals surface area contributed by atoms with E-state index in [2.05, 4.69) is 114 Å². The molecule has 4 radical (unpaired) electrons. The SMILES string of the molecule is Cc1cc(-c2nnc(-c3ccc(F)c(C)c3)n2-c2ccccc2)[c-]cc1F.Cc1cc[c-]c(-c2nnc(-c3cccc(C)c3)n2-c2ccccc2)c1.Fc1[c-]c(-c2nnc(-c3cc(F)c(F)c(F)c3)n2-c2ccccc2)cc(F)c1F.Fc1c[c-]c(-c2nnc(-c3ccc(F)c(F)c3F)n2-c2ccccc2)c(F)c1F.[Ir].[Ir].[Ir].[Ir]. The Morgan fingerprint density at radius 3 is 1.18 bits per heavy atom. The zero-order chi connectivity index (χ0) is 77.6. The second kappa shape index (κ2) is 38.1. The topological polar surface area (TPSA) is 123 Å². The van der Waals surface area contributed by atoms with Crippen molar-refractivity contribution in [1.82, 2.24) is 59.1 Å². The van der Waals surface area contributed by atoms with Crippen LogP contribution in [0.15, 0.2) is 231 Å². The van der Waals surface area contributed by atoms with E-state index >= 15 is 0 Å². The van der Waals surface area contributed by atoms with Crippen molar-refractivity contribution in [2.45, 2.75) is 27.7 Å². The zero-order valence-electron chi connectivity index (χ0n) is 58.9. The normalized spacial score (nSPS) is 10.6. The van der Waals surface area contributed by atoms with E-state index in [1.807, 2.05) is 77.4 Å². The van der Waals surface area contributed by atoms with Gasteiger partial charge < -0.3 is 18.3 Å². The van der Waals surface area contributed by atoms with E-state index in [1.165, 1.54) is 40.0 Å². The van der Waals surface area contributed by atoms with Crippen LogP contribution in [0.2, 0.25) is 0 Å². The van der Waals surface area contributed by atoms with Gasteiger partial charge in [0.2, 0.25) is 0 Å². The van der Waals surface area contributed by atoms with Crippen molar-refractivity contribution < 1.29 is 142 Å². The Kier molecular flexibility index (Phi) is 29.0. The molecule has 16 rings (SSSR count). The van der Waals surface area contributed by atoms with Crippen LogP contribution >= 0.6 is 0 Å². The molecule has 0 bridgehead atoms. The number of nitrogens with zero attached hydrogens (tertiary/aromatic N) is 12. The van der Waals surface area contributed by atoms with Crippen LogP contribution in [0.3, 0.4) is 0 Å². The number of halogens is 14. The summed E-state index contributed by atoms with van der Waals surface area (Å²) in [5.74, 6) is -17.5. The average Bonchev–Trinajstić information content (AvgIpc) is 1.60. The number of rotatable bonds is 12. The van der Waals surface area contributed by atoms with Gasteiger partial charge >= 0.3 is 0 Å². The first-order valence-electron chi connectivity index (χ1n) is 33.0. The molecular formula is C84H50F14Ir4N12-4. The number of aryl methyl sites for hydroxylation is 4. The fraction of sp³-hybridized carbons (Fsp3) is 0.0476. The van der Waals surface area contributed by atoms with Gasteiger partial charge in [-0.25, -0.2) is 43.9 Å². The fourth-order valence-corrected chi connectivity index (χ4v) is 11.5. The van der Waals surface area contributed by atoms with Crippen LogP contribution in [0.1, 0.15) is 22.3 Å². The quantitative estimate of drug-likeness (QED) is 0.0673. The van der Waals surface area contributed by atoms with Crippen molar-refractivity contribution in [2.75, 3.05) is 0 Å². The molecule has 30 heteroatoms. The molecule has 4 aromatic heterocycles. The van der Waals surface area contributed by atoms with Crippen molar-refractivity contribution in [2.24, 2.45) is 0 Å². The number of benzene rings is 12. The zero-order valence-corrected chi connectivity index (χ0v) is 68.5. The van der Waals surface area contributed by atoms with Gasteiger partial charge in [0.05, 0.1) is 52.1 Å². The summed E-state index contributed by atoms with van der Waals surface area (Å²) >= 11 is 0. The second-order valence-electron chi connectivity index (χ2n) is 24.3. The Bertz CT molecular complexity index is 5750. The fourth-order valence-electron chi connectivity index (χ4n) is 11.5. The van der Waals surface area contributed by atoms with Crippen molar-refractivity contribution in [3.63, 3.8) is 0 Å². The second-order valence-corrected chi connectivity index (χ2v) is 24.3. The van der Waals surface area contributed by atoms with E-state index in [1.54, 1.807) is 80.6 Å². The smallest absolute Gasteiger partial charge is 0.195 e.